The van der Waals surface area contributed by atoms with Crippen molar-refractivity contribution in [1.82, 2.24) is 15.1 Å². The summed E-state index contributed by atoms with van der Waals surface area (Å²) in [5.74, 6) is 0.480. The summed E-state index contributed by atoms with van der Waals surface area (Å²) in [7, 11) is 1.65. The molecule has 0 spiro atoms. The molecule has 0 saturated carbocycles. The van der Waals surface area contributed by atoms with Crippen LogP contribution in [-0.2, 0) is 6.54 Å². The topological polar surface area (TPSA) is 39.1 Å². The molecule has 1 atom stereocenters. The Hall–Kier alpha value is -2.37. The number of nitrogens with one attached hydrogen (secondary N) is 1. The number of hydrogen-bond donors (Lipinski definition) is 1. The van der Waals surface area contributed by atoms with E-state index in [2.05, 4.69) is 17.3 Å². The second-order valence-electron chi connectivity index (χ2n) is 6.13. The van der Waals surface area contributed by atoms with Gasteiger partial charge in [0, 0.05) is 28.9 Å². The van der Waals surface area contributed by atoms with E-state index in [0.717, 1.165) is 28.3 Å². The largest absolute Gasteiger partial charge is 0.497 e. The minimum absolute atomic E-state index is 0.0723. The first-order chi connectivity index (χ1) is 12.5. The van der Waals surface area contributed by atoms with Gasteiger partial charge in [-0.2, -0.15) is 5.10 Å². The number of aromatic nitrogens is 2. The van der Waals surface area contributed by atoms with Gasteiger partial charge < -0.3 is 10.1 Å². The molecule has 0 unspecified atom stereocenters. The summed E-state index contributed by atoms with van der Waals surface area (Å²) in [4.78, 5) is 0. The molecule has 0 radical (unpaired) electrons. The maximum Gasteiger partial charge on any atom is 0.124 e. The van der Waals surface area contributed by atoms with Crippen LogP contribution in [0.15, 0.2) is 48.7 Å². The third kappa shape index (κ3) is 3.89. The van der Waals surface area contributed by atoms with Gasteiger partial charge in [-0.25, -0.2) is 9.07 Å². The second kappa shape index (κ2) is 7.89. The van der Waals surface area contributed by atoms with Gasteiger partial charge in [-0.15, -0.1) is 0 Å². The molecule has 0 aliphatic rings. The van der Waals surface area contributed by atoms with Gasteiger partial charge in [-0.1, -0.05) is 17.7 Å². The van der Waals surface area contributed by atoms with Gasteiger partial charge in [-0.3, -0.25) is 0 Å². The van der Waals surface area contributed by atoms with Gasteiger partial charge in [0.25, 0.3) is 0 Å². The van der Waals surface area contributed by atoms with Crippen LogP contribution < -0.4 is 10.1 Å². The fraction of sp³-hybridized carbons (Fsp3) is 0.250. The lowest BCUT2D eigenvalue weighted by molar-refractivity contribution is 0.414. The van der Waals surface area contributed by atoms with E-state index in [-0.39, 0.29) is 11.9 Å². The Morgan fingerprint density at radius 1 is 1.23 bits per heavy atom. The van der Waals surface area contributed by atoms with Crippen molar-refractivity contribution in [3.8, 4) is 11.4 Å². The van der Waals surface area contributed by atoms with E-state index >= 15 is 0 Å². The maximum absolute atomic E-state index is 13.2. The van der Waals surface area contributed by atoms with Crippen LogP contribution in [0.3, 0.4) is 0 Å². The zero-order valence-corrected chi connectivity index (χ0v) is 15.7. The van der Waals surface area contributed by atoms with Crippen molar-refractivity contribution in [2.75, 3.05) is 7.11 Å². The average Bonchev–Trinajstić information content (AvgIpc) is 3.02. The second-order valence-corrected chi connectivity index (χ2v) is 6.54. The van der Waals surface area contributed by atoms with Gasteiger partial charge in [0.1, 0.15) is 11.6 Å². The first-order valence-electron chi connectivity index (χ1n) is 8.36. The third-order valence-corrected chi connectivity index (χ3v) is 4.80. The maximum atomic E-state index is 13.2. The van der Waals surface area contributed by atoms with Crippen molar-refractivity contribution in [3.05, 3.63) is 76.3 Å². The lowest BCUT2D eigenvalue weighted by Gasteiger charge is -2.15. The molecule has 2 aromatic carbocycles. The standard InChI is InChI=1S/C20H21ClFN3O/c1-13(23-11-15-4-5-16(22)10-20(15)21)19-12-24-25(14(19)2)17-6-8-18(26-3)9-7-17/h4-10,12-13,23H,11H2,1-3H3/t13-/m1/s1. The summed E-state index contributed by atoms with van der Waals surface area (Å²) < 4.78 is 20.2. The SMILES string of the molecule is COc1ccc(-n2ncc([C@@H](C)NCc3ccc(F)cc3Cl)c2C)cc1. The van der Waals surface area contributed by atoms with E-state index in [4.69, 9.17) is 16.3 Å². The van der Waals surface area contributed by atoms with Crippen LogP contribution in [0.2, 0.25) is 5.02 Å². The Balaban J connectivity index is 1.73. The molecule has 6 heteroatoms. The molecule has 1 heterocycles. The number of nitrogens with zero attached hydrogens (tertiary/aromatic N) is 2. The lowest BCUT2D eigenvalue weighted by Crippen LogP contribution is -2.19. The predicted octanol–water partition coefficient (Wildman–Crippen LogP) is 4.83. The van der Waals surface area contributed by atoms with Gasteiger partial charge in [0.15, 0.2) is 0 Å². The van der Waals surface area contributed by atoms with Gasteiger partial charge >= 0.3 is 0 Å². The van der Waals surface area contributed by atoms with Gasteiger partial charge in [-0.05, 0) is 55.8 Å². The molecule has 3 rings (SSSR count). The third-order valence-electron chi connectivity index (χ3n) is 4.45. The van der Waals surface area contributed by atoms with Crippen molar-refractivity contribution in [3.63, 3.8) is 0 Å². The van der Waals surface area contributed by atoms with Crippen LogP contribution >= 0.6 is 11.6 Å². The van der Waals surface area contributed by atoms with E-state index in [1.54, 1.807) is 13.2 Å². The van der Waals surface area contributed by atoms with Crippen molar-refractivity contribution in [2.24, 2.45) is 0 Å². The first-order valence-corrected chi connectivity index (χ1v) is 8.73. The molecule has 4 nitrogen and oxygen atoms in total. The number of rotatable bonds is 6. The highest BCUT2D eigenvalue weighted by atomic mass is 35.5. The highest BCUT2D eigenvalue weighted by molar-refractivity contribution is 6.31. The van der Waals surface area contributed by atoms with E-state index in [1.165, 1.54) is 12.1 Å². The van der Waals surface area contributed by atoms with Crippen LogP contribution in [0, 0.1) is 12.7 Å². The van der Waals surface area contributed by atoms with Gasteiger partial charge in [0.2, 0.25) is 0 Å². The molecule has 3 aromatic rings. The number of halogens is 2. The molecule has 0 saturated heterocycles. The van der Waals surface area contributed by atoms with Crippen LogP contribution in [0.1, 0.15) is 29.8 Å². The minimum Gasteiger partial charge on any atom is -0.497 e. The highest BCUT2D eigenvalue weighted by Gasteiger charge is 2.14. The van der Waals surface area contributed by atoms with Crippen molar-refractivity contribution < 1.29 is 9.13 Å². The van der Waals surface area contributed by atoms with Crippen molar-refractivity contribution in [2.45, 2.75) is 26.4 Å². The molecule has 0 amide bonds. The molecule has 136 valence electrons. The fourth-order valence-electron chi connectivity index (χ4n) is 2.87. The molecule has 1 N–H and O–H groups in total. The zero-order valence-electron chi connectivity index (χ0n) is 15.0. The molecule has 0 aliphatic carbocycles. The molecule has 26 heavy (non-hydrogen) atoms. The first kappa shape index (κ1) is 18.4. The highest BCUT2D eigenvalue weighted by Crippen LogP contribution is 2.23. The average molecular weight is 374 g/mol. The number of ether oxygens (including phenoxy) is 1. The summed E-state index contributed by atoms with van der Waals surface area (Å²) >= 11 is 6.09. The predicted molar refractivity (Wildman–Crippen MR) is 102 cm³/mol. The van der Waals surface area contributed by atoms with Crippen LogP contribution in [0.25, 0.3) is 5.69 Å². The number of hydrogen-bond acceptors (Lipinski definition) is 3. The summed E-state index contributed by atoms with van der Waals surface area (Å²) in [6, 6.07) is 12.3. The van der Waals surface area contributed by atoms with Crippen LogP contribution in [-0.4, -0.2) is 16.9 Å². The Morgan fingerprint density at radius 2 is 1.96 bits per heavy atom. The van der Waals surface area contributed by atoms with Crippen LogP contribution in [0.4, 0.5) is 4.39 Å². The zero-order chi connectivity index (χ0) is 18.7. The van der Waals surface area contributed by atoms with Crippen LogP contribution in [0.5, 0.6) is 5.75 Å². The Morgan fingerprint density at radius 3 is 2.62 bits per heavy atom. The summed E-state index contributed by atoms with van der Waals surface area (Å²) in [5, 5.41) is 8.35. The molecule has 0 aliphatic heterocycles. The Labute approximate surface area is 157 Å². The molecule has 0 bridgehead atoms. The van der Waals surface area contributed by atoms with E-state index in [0.29, 0.717) is 11.6 Å². The normalized spacial score (nSPS) is 12.2. The molecular formula is C20H21ClFN3O. The molecule has 1 aromatic heterocycles. The van der Waals surface area contributed by atoms with Gasteiger partial charge in [0.05, 0.1) is 19.0 Å². The van der Waals surface area contributed by atoms with E-state index < -0.39 is 0 Å². The van der Waals surface area contributed by atoms with Crippen molar-refractivity contribution >= 4 is 11.6 Å². The fourth-order valence-corrected chi connectivity index (χ4v) is 3.10. The number of benzene rings is 2. The molecule has 0 fully saturated rings. The van der Waals surface area contributed by atoms with E-state index in [9.17, 15) is 4.39 Å². The Bertz CT molecular complexity index is 893. The van der Waals surface area contributed by atoms with E-state index in [1.807, 2.05) is 42.1 Å². The summed E-state index contributed by atoms with van der Waals surface area (Å²) in [6.07, 6.45) is 1.86. The summed E-state index contributed by atoms with van der Waals surface area (Å²) in [5.41, 5.74) is 3.99. The quantitative estimate of drug-likeness (QED) is 0.672. The minimum atomic E-state index is -0.330. The molecular weight excluding hydrogens is 353 g/mol. The number of methoxy groups -OCH3 is 1. The monoisotopic (exact) mass is 373 g/mol. The smallest absolute Gasteiger partial charge is 0.124 e. The van der Waals surface area contributed by atoms with Crippen molar-refractivity contribution in [1.29, 1.82) is 0 Å². The Kier molecular flexibility index (Phi) is 5.59. The lowest BCUT2D eigenvalue weighted by atomic mass is 10.1. The summed E-state index contributed by atoms with van der Waals surface area (Å²) in [6.45, 7) is 4.66.